The first kappa shape index (κ1) is 29.4. The largest absolute Gasteiger partial charge is 0.298 e. The van der Waals surface area contributed by atoms with Crippen molar-refractivity contribution in [3.05, 3.63) is 143 Å². The summed E-state index contributed by atoms with van der Waals surface area (Å²) in [7, 11) is 0. The molecule has 0 heterocycles. The molecule has 214 valence electrons. The van der Waals surface area contributed by atoms with Crippen LogP contribution in [0.25, 0.3) is 0 Å². The molecule has 0 saturated heterocycles. The zero-order chi connectivity index (χ0) is 30.9. The molecule has 0 bridgehead atoms. The molecule has 43 heavy (non-hydrogen) atoms. The molecule has 0 fully saturated rings. The summed E-state index contributed by atoms with van der Waals surface area (Å²) in [5.41, 5.74) is 2.31. The van der Waals surface area contributed by atoms with Crippen molar-refractivity contribution in [2.45, 2.75) is 26.7 Å². The van der Waals surface area contributed by atoms with Crippen molar-refractivity contribution in [2.24, 2.45) is 17.3 Å². The van der Waals surface area contributed by atoms with Gasteiger partial charge in [0, 0.05) is 27.7 Å². The number of hydrogen-bond donors (Lipinski definition) is 0. The summed E-state index contributed by atoms with van der Waals surface area (Å²) in [6, 6.07) is 31.8. The highest BCUT2D eigenvalue weighted by atomic mass is 16.2. The third-order valence-corrected chi connectivity index (χ3v) is 7.80. The molecule has 4 aromatic rings. The predicted molar refractivity (Wildman–Crippen MR) is 161 cm³/mol. The second-order valence-electron chi connectivity index (χ2n) is 11.7. The minimum absolute atomic E-state index is 0.302. The van der Waals surface area contributed by atoms with Gasteiger partial charge in [-0.2, -0.15) is 0 Å². The molecule has 0 saturated carbocycles. The monoisotopic (exact) mass is 570 g/mol. The van der Waals surface area contributed by atoms with E-state index in [1.165, 1.54) is 0 Å². The summed E-state index contributed by atoms with van der Waals surface area (Å²) in [4.78, 5) is 75.2. The average Bonchev–Trinajstić information content (AvgIpc) is 3.42. The van der Waals surface area contributed by atoms with Crippen LogP contribution in [-0.4, -0.2) is 34.7 Å². The molecule has 6 nitrogen and oxygen atoms in total. The first-order chi connectivity index (χ1) is 20.5. The lowest BCUT2D eigenvalue weighted by atomic mass is 9.80. The van der Waals surface area contributed by atoms with E-state index in [9.17, 15) is 28.8 Å². The van der Waals surface area contributed by atoms with Crippen LogP contribution in [0.15, 0.2) is 109 Å². The van der Waals surface area contributed by atoms with Crippen LogP contribution in [0.2, 0.25) is 0 Å². The van der Waals surface area contributed by atoms with E-state index < -0.39 is 34.7 Å². The molecule has 0 radical (unpaired) electrons. The lowest BCUT2D eigenvalue weighted by molar-refractivity contribution is -0.127. The Hall–Kier alpha value is -5.10. The highest BCUT2D eigenvalue weighted by Crippen LogP contribution is 2.35. The van der Waals surface area contributed by atoms with E-state index in [-0.39, 0.29) is 23.1 Å². The molecule has 0 amide bonds. The number of benzene rings is 4. The van der Waals surface area contributed by atoms with E-state index >= 15 is 0 Å². The Morgan fingerprint density at radius 2 is 0.791 bits per heavy atom. The smallest absolute Gasteiger partial charge is 0.181 e. The Balaban J connectivity index is 0.000000188. The second kappa shape index (κ2) is 11.6. The van der Waals surface area contributed by atoms with Crippen LogP contribution in [0, 0.1) is 17.3 Å². The van der Waals surface area contributed by atoms with Gasteiger partial charge in [0.15, 0.2) is 34.7 Å². The van der Waals surface area contributed by atoms with Gasteiger partial charge in [0.1, 0.15) is 11.8 Å². The van der Waals surface area contributed by atoms with Crippen LogP contribution in [0.4, 0.5) is 0 Å². The third kappa shape index (κ3) is 5.44. The molecule has 6 heteroatoms. The van der Waals surface area contributed by atoms with Crippen molar-refractivity contribution in [3.63, 3.8) is 0 Å². The Kier molecular flexibility index (Phi) is 7.96. The van der Waals surface area contributed by atoms with Gasteiger partial charge in [0.05, 0.1) is 5.92 Å². The van der Waals surface area contributed by atoms with Crippen LogP contribution in [0.5, 0.6) is 0 Å². The van der Waals surface area contributed by atoms with Crippen LogP contribution in [-0.2, 0) is 9.59 Å². The van der Waals surface area contributed by atoms with Gasteiger partial charge in [-0.1, -0.05) is 130 Å². The molecular weight excluding hydrogens is 540 g/mol. The summed E-state index contributed by atoms with van der Waals surface area (Å²) >= 11 is 0. The maximum atomic E-state index is 13.4. The van der Waals surface area contributed by atoms with Crippen molar-refractivity contribution in [2.75, 3.05) is 0 Å². The van der Waals surface area contributed by atoms with Gasteiger partial charge >= 0.3 is 0 Å². The summed E-state index contributed by atoms with van der Waals surface area (Å²) in [6.07, 6.45) is 0. The fourth-order valence-electron chi connectivity index (χ4n) is 5.59. The van der Waals surface area contributed by atoms with Crippen molar-refractivity contribution in [1.29, 1.82) is 0 Å². The highest BCUT2D eigenvalue weighted by molar-refractivity contribution is 6.37. The standard InChI is InChI=1S/C23H16O3.C14H14O3/c24-21-17-13-7-8-14-18(17)22(25)20(21)23(26)19(15-9-3-1-4-10-15)16-11-5-2-6-12-16;1-14(2,3)13(17)10-11(15)8-6-4-5-7-9(8)12(10)16/h1-14,19-20H;4-7,10H,1-3H3. The second-order valence-corrected chi connectivity index (χ2v) is 11.7. The SMILES string of the molecule is CC(C)(C)C(=O)C1C(=O)c2ccccc2C1=O.O=C1c2ccccc2C(=O)C1C(=O)C(c1ccccc1)c1ccccc1. The molecule has 0 unspecified atom stereocenters. The minimum Gasteiger partial charge on any atom is -0.298 e. The Labute approximate surface area is 249 Å². The van der Waals surface area contributed by atoms with Gasteiger partial charge in [-0.3, -0.25) is 28.8 Å². The topological polar surface area (TPSA) is 102 Å². The van der Waals surface area contributed by atoms with Gasteiger partial charge in [-0.05, 0) is 11.1 Å². The number of fused-ring (bicyclic) bond motifs is 2. The summed E-state index contributed by atoms with van der Waals surface area (Å²) in [5.74, 6) is -5.22. The molecular formula is C37H30O6. The zero-order valence-electron chi connectivity index (χ0n) is 24.1. The average molecular weight is 571 g/mol. The molecule has 6 rings (SSSR count). The fourth-order valence-corrected chi connectivity index (χ4v) is 5.59. The van der Waals surface area contributed by atoms with Crippen molar-refractivity contribution < 1.29 is 28.8 Å². The van der Waals surface area contributed by atoms with Crippen LogP contribution in [0.3, 0.4) is 0 Å². The van der Waals surface area contributed by atoms with Gasteiger partial charge in [0.2, 0.25) is 0 Å². The molecule has 4 aromatic carbocycles. The summed E-state index contributed by atoms with van der Waals surface area (Å²) < 4.78 is 0. The predicted octanol–water partition coefficient (Wildman–Crippen LogP) is 6.38. The quantitative estimate of drug-likeness (QED) is 0.258. The lowest BCUT2D eigenvalue weighted by Gasteiger charge is -2.19. The van der Waals surface area contributed by atoms with Gasteiger partial charge in [-0.25, -0.2) is 0 Å². The van der Waals surface area contributed by atoms with Crippen LogP contribution in [0.1, 0.15) is 79.2 Å². The number of Topliss-reactive ketones (excluding diaryl/α,β-unsaturated/α-hetero) is 6. The lowest BCUT2D eigenvalue weighted by Crippen LogP contribution is -2.34. The molecule has 0 spiro atoms. The van der Waals surface area contributed by atoms with Crippen LogP contribution < -0.4 is 0 Å². The minimum atomic E-state index is -1.27. The normalized spacial score (nSPS) is 14.8. The summed E-state index contributed by atoms with van der Waals surface area (Å²) in [5, 5.41) is 0. The Bertz CT molecular complexity index is 1650. The van der Waals surface area contributed by atoms with Crippen molar-refractivity contribution in [3.8, 4) is 0 Å². The molecule has 0 atom stereocenters. The number of carbonyl (C=O) groups is 6. The van der Waals surface area contributed by atoms with E-state index in [0.29, 0.717) is 22.3 Å². The maximum Gasteiger partial charge on any atom is 0.181 e. The Morgan fingerprint density at radius 1 is 0.488 bits per heavy atom. The molecule has 0 N–H and O–H groups in total. The first-order valence-corrected chi connectivity index (χ1v) is 14.0. The van der Waals surface area contributed by atoms with E-state index in [0.717, 1.165) is 11.1 Å². The van der Waals surface area contributed by atoms with Gasteiger partial charge in [0.25, 0.3) is 0 Å². The van der Waals surface area contributed by atoms with Crippen LogP contribution >= 0.6 is 0 Å². The van der Waals surface area contributed by atoms with Crippen molar-refractivity contribution in [1.82, 2.24) is 0 Å². The zero-order valence-corrected chi connectivity index (χ0v) is 24.1. The maximum absolute atomic E-state index is 13.4. The van der Waals surface area contributed by atoms with Crippen molar-refractivity contribution >= 4 is 34.7 Å². The van der Waals surface area contributed by atoms with Gasteiger partial charge < -0.3 is 0 Å². The molecule has 2 aliphatic rings. The summed E-state index contributed by atoms with van der Waals surface area (Å²) in [6.45, 7) is 5.16. The molecule has 2 aliphatic carbocycles. The number of carbonyl (C=O) groups excluding carboxylic acids is 6. The van der Waals surface area contributed by atoms with E-state index in [1.54, 1.807) is 69.3 Å². The highest BCUT2D eigenvalue weighted by Gasteiger charge is 2.47. The van der Waals surface area contributed by atoms with E-state index in [4.69, 9.17) is 0 Å². The number of hydrogen-bond acceptors (Lipinski definition) is 6. The fraction of sp³-hybridized carbons (Fsp3) is 0.189. The molecule has 0 aliphatic heterocycles. The first-order valence-electron chi connectivity index (χ1n) is 14.0. The molecule has 0 aromatic heterocycles. The number of rotatable bonds is 5. The third-order valence-electron chi connectivity index (χ3n) is 7.80. The van der Waals surface area contributed by atoms with Gasteiger partial charge in [-0.15, -0.1) is 0 Å². The van der Waals surface area contributed by atoms with E-state index in [1.807, 2.05) is 60.7 Å². The number of ketones is 6. The van der Waals surface area contributed by atoms with E-state index in [2.05, 4.69) is 0 Å². The Morgan fingerprint density at radius 3 is 1.12 bits per heavy atom.